The Balaban J connectivity index is 2.03. The largest absolute Gasteiger partial charge is 0.497 e. The molecule has 2 aliphatic heterocycles. The highest BCUT2D eigenvalue weighted by molar-refractivity contribution is 5.64. The van der Waals surface area contributed by atoms with Crippen molar-refractivity contribution in [2.75, 3.05) is 32.1 Å². The Morgan fingerprint density at radius 1 is 1.44 bits per heavy atom. The first kappa shape index (κ1) is 9.97. The zero-order valence-electron chi connectivity index (χ0n) is 9.86. The van der Waals surface area contributed by atoms with Crippen LogP contribution in [0.25, 0.3) is 0 Å². The van der Waals surface area contributed by atoms with E-state index in [0.717, 1.165) is 18.8 Å². The molecule has 2 unspecified atom stereocenters. The predicted molar refractivity (Wildman–Crippen MR) is 65.4 cm³/mol. The zero-order chi connectivity index (χ0) is 11.1. The van der Waals surface area contributed by atoms with Crippen LogP contribution in [-0.2, 0) is 0 Å². The van der Waals surface area contributed by atoms with Crippen LogP contribution in [0.4, 0.5) is 5.69 Å². The Labute approximate surface area is 96.4 Å². The molecule has 0 aliphatic carbocycles. The van der Waals surface area contributed by atoms with Gasteiger partial charge in [0.2, 0.25) is 0 Å². The molecule has 2 heterocycles. The van der Waals surface area contributed by atoms with Crippen LogP contribution in [0.1, 0.15) is 17.9 Å². The fraction of sp³-hybridized carbons (Fsp3) is 0.538. The van der Waals surface area contributed by atoms with Gasteiger partial charge in [-0.1, -0.05) is 6.07 Å². The van der Waals surface area contributed by atoms with Crippen LogP contribution < -0.4 is 15.0 Å². The highest BCUT2D eigenvalue weighted by atomic mass is 16.5. The van der Waals surface area contributed by atoms with Gasteiger partial charge < -0.3 is 15.0 Å². The summed E-state index contributed by atoms with van der Waals surface area (Å²) in [5, 5.41) is 3.48. The van der Waals surface area contributed by atoms with E-state index in [4.69, 9.17) is 4.74 Å². The van der Waals surface area contributed by atoms with E-state index in [0.29, 0.717) is 12.0 Å². The lowest BCUT2D eigenvalue weighted by Gasteiger charge is -2.31. The Bertz CT molecular complexity index is 405. The van der Waals surface area contributed by atoms with E-state index < -0.39 is 0 Å². The maximum absolute atomic E-state index is 5.30. The normalized spacial score (nSPS) is 27.5. The SMILES string of the molecule is COc1ccc2c(c1)N(C)C1CNCCC21. The summed E-state index contributed by atoms with van der Waals surface area (Å²) in [6, 6.07) is 7.10. The van der Waals surface area contributed by atoms with Crippen LogP contribution in [0.5, 0.6) is 5.75 Å². The van der Waals surface area contributed by atoms with Crippen LogP contribution >= 0.6 is 0 Å². The van der Waals surface area contributed by atoms with Gasteiger partial charge >= 0.3 is 0 Å². The minimum atomic E-state index is 0.621. The summed E-state index contributed by atoms with van der Waals surface area (Å²) >= 11 is 0. The number of rotatable bonds is 1. The third kappa shape index (κ3) is 1.31. The molecule has 0 amide bonds. The molecule has 3 rings (SSSR count). The number of fused-ring (bicyclic) bond motifs is 3. The Morgan fingerprint density at radius 2 is 2.31 bits per heavy atom. The molecule has 2 atom stereocenters. The van der Waals surface area contributed by atoms with E-state index in [9.17, 15) is 0 Å². The number of piperidine rings is 1. The fourth-order valence-electron chi connectivity index (χ4n) is 3.06. The molecule has 2 aliphatic rings. The Hall–Kier alpha value is -1.22. The molecule has 1 saturated heterocycles. The summed E-state index contributed by atoms with van der Waals surface area (Å²) in [5.41, 5.74) is 2.84. The molecule has 1 fully saturated rings. The van der Waals surface area contributed by atoms with E-state index in [2.05, 4.69) is 35.5 Å². The lowest BCUT2D eigenvalue weighted by molar-refractivity contribution is 0.413. The molecule has 0 spiro atoms. The van der Waals surface area contributed by atoms with Crippen molar-refractivity contribution in [2.24, 2.45) is 0 Å². The molecule has 3 nitrogen and oxygen atoms in total. The van der Waals surface area contributed by atoms with E-state index in [-0.39, 0.29) is 0 Å². The van der Waals surface area contributed by atoms with Gasteiger partial charge in [0.1, 0.15) is 5.75 Å². The molecular formula is C13H18N2O. The van der Waals surface area contributed by atoms with Crippen molar-refractivity contribution >= 4 is 5.69 Å². The van der Waals surface area contributed by atoms with Crippen molar-refractivity contribution in [1.82, 2.24) is 5.32 Å². The summed E-state index contributed by atoms with van der Waals surface area (Å²) < 4.78 is 5.30. The number of hydrogen-bond donors (Lipinski definition) is 1. The minimum Gasteiger partial charge on any atom is -0.497 e. The summed E-state index contributed by atoms with van der Waals surface area (Å²) in [7, 11) is 3.92. The van der Waals surface area contributed by atoms with Crippen molar-refractivity contribution in [1.29, 1.82) is 0 Å². The average Bonchev–Trinajstić information content (AvgIpc) is 2.64. The van der Waals surface area contributed by atoms with Gasteiger partial charge in [0.25, 0.3) is 0 Å². The quantitative estimate of drug-likeness (QED) is 0.774. The molecular weight excluding hydrogens is 200 g/mol. The van der Waals surface area contributed by atoms with E-state index >= 15 is 0 Å². The molecule has 0 saturated carbocycles. The van der Waals surface area contributed by atoms with Crippen molar-refractivity contribution in [3.8, 4) is 5.75 Å². The summed E-state index contributed by atoms with van der Waals surface area (Å²) in [6.45, 7) is 2.23. The topological polar surface area (TPSA) is 24.5 Å². The Kier molecular flexibility index (Phi) is 2.28. The second kappa shape index (κ2) is 3.67. The number of benzene rings is 1. The van der Waals surface area contributed by atoms with Crippen molar-refractivity contribution < 1.29 is 4.74 Å². The van der Waals surface area contributed by atoms with Gasteiger partial charge in [-0.25, -0.2) is 0 Å². The average molecular weight is 218 g/mol. The first-order valence-electron chi connectivity index (χ1n) is 5.93. The van der Waals surface area contributed by atoms with Crippen LogP contribution in [0.15, 0.2) is 18.2 Å². The highest BCUT2D eigenvalue weighted by Gasteiger charge is 2.37. The summed E-state index contributed by atoms with van der Waals surface area (Å²) in [4.78, 5) is 2.40. The fourth-order valence-corrected chi connectivity index (χ4v) is 3.06. The van der Waals surface area contributed by atoms with E-state index in [1.54, 1.807) is 7.11 Å². The second-order valence-electron chi connectivity index (χ2n) is 4.70. The van der Waals surface area contributed by atoms with Crippen LogP contribution in [-0.4, -0.2) is 33.3 Å². The minimum absolute atomic E-state index is 0.621. The van der Waals surface area contributed by atoms with Gasteiger partial charge in [-0.2, -0.15) is 0 Å². The van der Waals surface area contributed by atoms with Gasteiger partial charge in [0, 0.05) is 37.3 Å². The summed E-state index contributed by atoms with van der Waals surface area (Å²) in [6.07, 6.45) is 1.24. The van der Waals surface area contributed by atoms with Crippen LogP contribution in [0, 0.1) is 0 Å². The first-order valence-corrected chi connectivity index (χ1v) is 5.93. The zero-order valence-corrected chi connectivity index (χ0v) is 9.86. The standard InChI is InChI=1S/C13H18N2O/c1-15-12-7-9(16-2)3-4-10(12)11-5-6-14-8-13(11)15/h3-4,7,11,13-14H,5-6,8H2,1-2H3. The van der Waals surface area contributed by atoms with Crippen molar-refractivity contribution in [3.63, 3.8) is 0 Å². The number of likely N-dealkylation sites (N-methyl/N-ethyl adjacent to an activating group) is 1. The number of ether oxygens (including phenoxy) is 1. The van der Waals surface area contributed by atoms with E-state index in [1.165, 1.54) is 17.7 Å². The van der Waals surface area contributed by atoms with Gasteiger partial charge in [-0.3, -0.25) is 0 Å². The third-order valence-electron chi connectivity index (χ3n) is 3.96. The first-order chi connectivity index (χ1) is 7.81. The molecule has 1 aromatic rings. The lowest BCUT2D eigenvalue weighted by atomic mass is 9.89. The number of anilines is 1. The lowest BCUT2D eigenvalue weighted by Crippen LogP contribution is -2.44. The molecule has 0 aromatic heterocycles. The van der Waals surface area contributed by atoms with Crippen LogP contribution in [0.3, 0.4) is 0 Å². The van der Waals surface area contributed by atoms with E-state index in [1.807, 2.05) is 0 Å². The molecule has 1 N–H and O–H groups in total. The molecule has 0 bridgehead atoms. The molecule has 1 aromatic carbocycles. The van der Waals surface area contributed by atoms with Crippen LogP contribution in [0.2, 0.25) is 0 Å². The maximum Gasteiger partial charge on any atom is 0.120 e. The third-order valence-corrected chi connectivity index (χ3v) is 3.96. The molecule has 86 valence electrons. The number of nitrogens with zero attached hydrogens (tertiary/aromatic N) is 1. The second-order valence-corrected chi connectivity index (χ2v) is 4.70. The maximum atomic E-state index is 5.30. The predicted octanol–water partition coefficient (Wildman–Crippen LogP) is 1.59. The number of nitrogens with one attached hydrogen (secondary N) is 1. The van der Waals surface area contributed by atoms with Gasteiger partial charge in [-0.05, 0) is 24.6 Å². The monoisotopic (exact) mass is 218 g/mol. The molecule has 0 radical (unpaired) electrons. The van der Waals surface area contributed by atoms with Gasteiger partial charge in [0.05, 0.1) is 7.11 Å². The summed E-state index contributed by atoms with van der Waals surface area (Å²) in [5.74, 6) is 1.66. The molecule has 16 heavy (non-hydrogen) atoms. The molecule has 3 heteroatoms. The van der Waals surface area contributed by atoms with Crippen molar-refractivity contribution in [2.45, 2.75) is 18.4 Å². The number of hydrogen-bond acceptors (Lipinski definition) is 3. The van der Waals surface area contributed by atoms with Crippen molar-refractivity contribution in [3.05, 3.63) is 23.8 Å². The van der Waals surface area contributed by atoms with Gasteiger partial charge in [-0.15, -0.1) is 0 Å². The highest BCUT2D eigenvalue weighted by Crippen LogP contribution is 2.44. The Morgan fingerprint density at radius 3 is 3.12 bits per heavy atom. The number of methoxy groups -OCH3 is 1. The smallest absolute Gasteiger partial charge is 0.120 e. The van der Waals surface area contributed by atoms with Gasteiger partial charge in [0.15, 0.2) is 0 Å².